The number of hydrogen-bond acceptors (Lipinski definition) is 3. The lowest BCUT2D eigenvalue weighted by Crippen LogP contribution is -2.08. The van der Waals surface area contributed by atoms with Gasteiger partial charge in [-0.1, -0.05) is 29.3 Å². The summed E-state index contributed by atoms with van der Waals surface area (Å²) in [7, 11) is 0. The summed E-state index contributed by atoms with van der Waals surface area (Å²) in [5.41, 5.74) is 1.94. The Kier molecular flexibility index (Phi) is 5.46. The van der Waals surface area contributed by atoms with Crippen molar-refractivity contribution in [2.45, 2.75) is 20.3 Å². The van der Waals surface area contributed by atoms with E-state index >= 15 is 0 Å². The molecule has 0 aliphatic carbocycles. The quantitative estimate of drug-likeness (QED) is 0.726. The van der Waals surface area contributed by atoms with E-state index in [4.69, 9.17) is 23.2 Å². The summed E-state index contributed by atoms with van der Waals surface area (Å²) < 4.78 is 1.05. The third kappa shape index (κ3) is 3.74. The van der Waals surface area contributed by atoms with Crippen LogP contribution in [0.1, 0.15) is 24.0 Å². The van der Waals surface area contributed by atoms with Crippen LogP contribution < -0.4 is 5.32 Å². The second-order valence-corrected chi connectivity index (χ2v) is 6.25. The SMILES string of the molecule is CCNc1nc(Cc2ccc(Cl)cc2Cl)nc(C)c1I. The van der Waals surface area contributed by atoms with E-state index in [1.807, 2.05) is 26.0 Å². The molecular formula is C14H14Cl2IN3. The van der Waals surface area contributed by atoms with Gasteiger partial charge in [0, 0.05) is 23.0 Å². The highest BCUT2D eigenvalue weighted by atomic mass is 127. The van der Waals surface area contributed by atoms with Crippen molar-refractivity contribution in [1.82, 2.24) is 9.97 Å². The van der Waals surface area contributed by atoms with Crippen molar-refractivity contribution in [3.8, 4) is 0 Å². The van der Waals surface area contributed by atoms with Gasteiger partial charge in [-0.25, -0.2) is 9.97 Å². The number of rotatable bonds is 4. The molecule has 0 saturated heterocycles. The maximum absolute atomic E-state index is 6.19. The lowest BCUT2D eigenvalue weighted by Gasteiger charge is -2.10. The molecule has 3 nitrogen and oxygen atoms in total. The van der Waals surface area contributed by atoms with E-state index in [2.05, 4.69) is 37.9 Å². The van der Waals surface area contributed by atoms with Gasteiger partial charge in [0.15, 0.2) is 0 Å². The van der Waals surface area contributed by atoms with Crippen LogP contribution in [0, 0.1) is 10.5 Å². The number of nitrogens with one attached hydrogen (secondary N) is 1. The highest BCUT2D eigenvalue weighted by Crippen LogP contribution is 2.24. The topological polar surface area (TPSA) is 37.8 Å². The van der Waals surface area contributed by atoms with Crippen LogP contribution in [-0.2, 0) is 6.42 Å². The minimum Gasteiger partial charge on any atom is -0.369 e. The van der Waals surface area contributed by atoms with E-state index in [-0.39, 0.29) is 0 Å². The number of hydrogen-bond donors (Lipinski definition) is 1. The number of aromatic nitrogens is 2. The molecule has 6 heteroatoms. The second-order valence-electron chi connectivity index (χ2n) is 4.33. The fourth-order valence-corrected chi connectivity index (χ4v) is 2.72. The Morgan fingerprint density at radius 3 is 2.65 bits per heavy atom. The summed E-state index contributed by atoms with van der Waals surface area (Å²) in [6, 6.07) is 5.48. The van der Waals surface area contributed by atoms with Crippen LogP contribution in [-0.4, -0.2) is 16.5 Å². The zero-order chi connectivity index (χ0) is 14.7. The highest BCUT2D eigenvalue weighted by Gasteiger charge is 2.11. The molecule has 0 radical (unpaired) electrons. The summed E-state index contributed by atoms with van der Waals surface area (Å²) in [6.45, 7) is 4.86. The minimum absolute atomic E-state index is 0.589. The van der Waals surface area contributed by atoms with Gasteiger partial charge in [0.05, 0.1) is 9.26 Å². The first-order valence-corrected chi connectivity index (χ1v) is 8.05. The predicted octanol–water partition coefficient (Wildman–Crippen LogP) is 4.72. The van der Waals surface area contributed by atoms with E-state index in [1.54, 1.807) is 6.07 Å². The first kappa shape index (κ1) is 15.8. The number of aryl methyl sites for hydroxylation is 1. The zero-order valence-corrected chi connectivity index (χ0v) is 14.8. The molecule has 1 N–H and O–H groups in total. The molecule has 0 unspecified atom stereocenters. The van der Waals surface area contributed by atoms with Crippen LogP contribution in [0.3, 0.4) is 0 Å². The Morgan fingerprint density at radius 1 is 1.25 bits per heavy atom. The molecule has 0 aliphatic rings. The van der Waals surface area contributed by atoms with Crippen LogP contribution in [0.5, 0.6) is 0 Å². The zero-order valence-electron chi connectivity index (χ0n) is 11.2. The monoisotopic (exact) mass is 421 g/mol. The lowest BCUT2D eigenvalue weighted by atomic mass is 10.1. The second kappa shape index (κ2) is 6.91. The molecule has 2 aromatic rings. The van der Waals surface area contributed by atoms with Crippen LogP contribution in [0.2, 0.25) is 10.0 Å². The molecule has 2 rings (SSSR count). The van der Waals surface area contributed by atoms with E-state index in [1.165, 1.54) is 0 Å². The van der Waals surface area contributed by atoms with Gasteiger partial charge in [0.25, 0.3) is 0 Å². The minimum atomic E-state index is 0.589. The molecule has 0 fully saturated rings. The number of nitrogens with zero attached hydrogens (tertiary/aromatic N) is 2. The maximum Gasteiger partial charge on any atom is 0.143 e. The van der Waals surface area contributed by atoms with Crippen molar-refractivity contribution in [2.24, 2.45) is 0 Å². The van der Waals surface area contributed by atoms with Crippen molar-refractivity contribution < 1.29 is 0 Å². The number of halogens is 3. The molecule has 0 atom stereocenters. The standard InChI is InChI=1S/C14H14Cl2IN3/c1-3-18-14-13(17)8(2)19-12(20-14)6-9-4-5-10(15)7-11(9)16/h4-5,7H,3,6H2,1-2H3,(H,18,19,20). The highest BCUT2D eigenvalue weighted by molar-refractivity contribution is 14.1. The van der Waals surface area contributed by atoms with E-state index < -0.39 is 0 Å². The normalized spacial score (nSPS) is 10.7. The van der Waals surface area contributed by atoms with Gasteiger partial charge < -0.3 is 5.32 Å². The average molecular weight is 422 g/mol. The molecule has 0 amide bonds. The fraction of sp³-hybridized carbons (Fsp3) is 0.286. The third-order valence-corrected chi connectivity index (χ3v) is 4.65. The summed E-state index contributed by atoms with van der Waals surface area (Å²) in [5, 5.41) is 4.53. The molecule has 1 aromatic heterocycles. The number of anilines is 1. The Balaban J connectivity index is 2.33. The third-order valence-electron chi connectivity index (χ3n) is 2.77. The first-order valence-electron chi connectivity index (χ1n) is 6.22. The van der Waals surface area contributed by atoms with Crippen molar-refractivity contribution in [3.05, 3.63) is 48.9 Å². The van der Waals surface area contributed by atoms with Gasteiger partial charge in [0.1, 0.15) is 11.6 Å². The fourth-order valence-electron chi connectivity index (χ4n) is 1.82. The van der Waals surface area contributed by atoms with Crippen LogP contribution >= 0.6 is 45.8 Å². The van der Waals surface area contributed by atoms with Crippen LogP contribution in [0.4, 0.5) is 5.82 Å². The molecule has 0 saturated carbocycles. The maximum atomic E-state index is 6.19. The van der Waals surface area contributed by atoms with Crippen molar-refractivity contribution in [2.75, 3.05) is 11.9 Å². The number of benzene rings is 1. The molecule has 106 valence electrons. The first-order chi connectivity index (χ1) is 9.51. The molecule has 20 heavy (non-hydrogen) atoms. The van der Waals surface area contributed by atoms with Crippen molar-refractivity contribution in [1.29, 1.82) is 0 Å². The summed E-state index contributed by atoms with van der Waals surface area (Å²) in [5.74, 6) is 1.63. The molecule has 0 spiro atoms. The van der Waals surface area contributed by atoms with Gasteiger partial charge in [0.2, 0.25) is 0 Å². The van der Waals surface area contributed by atoms with E-state index in [9.17, 15) is 0 Å². The molecule has 1 aromatic carbocycles. The summed E-state index contributed by atoms with van der Waals surface area (Å²) >= 11 is 14.4. The van der Waals surface area contributed by atoms with Gasteiger partial charge in [-0.05, 0) is 54.1 Å². The Hall–Kier alpha value is -0.590. The van der Waals surface area contributed by atoms with Gasteiger partial charge in [-0.2, -0.15) is 0 Å². The van der Waals surface area contributed by atoms with Crippen LogP contribution in [0.25, 0.3) is 0 Å². The predicted molar refractivity (Wildman–Crippen MR) is 92.9 cm³/mol. The Bertz CT molecular complexity index is 632. The Morgan fingerprint density at radius 2 is 2.00 bits per heavy atom. The van der Waals surface area contributed by atoms with Gasteiger partial charge in [-0.15, -0.1) is 0 Å². The largest absolute Gasteiger partial charge is 0.369 e. The molecule has 1 heterocycles. The molecule has 0 bridgehead atoms. The molecule has 0 aliphatic heterocycles. The lowest BCUT2D eigenvalue weighted by molar-refractivity contribution is 0.929. The van der Waals surface area contributed by atoms with Crippen molar-refractivity contribution >= 4 is 51.6 Å². The van der Waals surface area contributed by atoms with Crippen LogP contribution in [0.15, 0.2) is 18.2 Å². The van der Waals surface area contributed by atoms with E-state index in [0.717, 1.165) is 33.0 Å². The van der Waals surface area contributed by atoms with Gasteiger partial charge >= 0.3 is 0 Å². The average Bonchev–Trinajstić information content (AvgIpc) is 2.39. The van der Waals surface area contributed by atoms with Gasteiger partial charge in [-0.3, -0.25) is 0 Å². The summed E-state index contributed by atoms with van der Waals surface area (Å²) in [6.07, 6.45) is 0.589. The Labute approximate surface area is 142 Å². The van der Waals surface area contributed by atoms with E-state index in [0.29, 0.717) is 16.5 Å². The summed E-state index contributed by atoms with van der Waals surface area (Å²) in [4.78, 5) is 9.08. The molecular weight excluding hydrogens is 408 g/mol. The smallest absolute Gasteiger partial charge is 0.143 e. The van der Waals surface area contributed by atoms with Crippen molar-refractivity contribution in [3.63, 3.8) is 0 Å².